The van der Waals surface area contributed by atoms with Crippen LogP contribution in [0, 0.1) is 28.6 Å². The largest absolute Gasteiger partial charge is 0.481 e. The van der Waals surface area contributed by atoms with Gasteiger partial charge in [-0.3, -0.25) is 4.79 Å². The van der Waals surface area contributed by atoms with Crippen molar-refractivity contribution in [1.82, 2.24) is 0 Å². The number of carboxylic acids is 1. The van der Waals surface area contributed by atoms with Crippen LogP contribution in [0.4, 0.5) is 0 Å². The Balaban J connectivity index is 1.81. The fourth-order valence-corrected chi connectivity index (χ4v) is 4.87. The summed E-state index contributed by atoms with van der Waals surface area (Å²) in [5, 5.41) is 8.77. The van der Waals surface area contributed by atoms with Gasteiger partial charge in [0, 0.05) is 6.42 Å². The van der Waals surface area contributed by atoms with Crippen molar-refractivity contribution in [1.29, 1.82) is 0 Å². The summed E-state index contributed by atoms with van der Waals surface area (Å²) in [5.74, 6) is 2.11. The molecule has 0 radical (unpaired) electrons. The summed E-state index contributed by atoms with van der Waals surface area (Å²) in [4.78, 5) is 10.6. The van der Waals surface area contributed by atoms with Gasteiger partial charge in [-0.2, -0.15) is 0 Å². The predicted molar refractivity (Wildman–Crippen MR) is 52.8 cm³/mol. The van der Waals surface area contributed by atoms with E-state index in [1.165, 1.54) is 12.8 Å². The molecule has 4 aliphatic rings. The summed E-state index contributed by atoms with van der Waals surface area (Å²) in [6, 6.07) is 0. The van der Waals surface area contributed by atoms with Crippen LogP contribution in [-0.4, -0.2) is 11.1 Å². The fraction of sp³-hybridized carbons (Fsp3) is 0.917. The monoisotopic (exact) mass is 194 g/mol. The quantitative estimate of drug-likeness (QED) is 0.749. The zero-order valence-electron chi connectivity index (χ0n) is 8.92. The van der Waals surface area contributed by atoms with Gasteiger partial charge in [-0.05, 0) is 47.8 Å². The van der Waals surface area contributed by atoms with Crippen molar-refractivity contribution >= 4 is 5.97 Å². The lowest BCUT2D eigenvalue weighted by Gasteiger charge is -2.33. The smallest absolute Gasteiger partial charge is 0.303 e. The maximum atomic E-state index is 10.6. The number of carboxylic acid groups (broad SMARTS) is 1. The van der Waals surface area contributed by atoms with Crippen LogP contribution in [0.2, 0.25) is 0 Å². The van der Waals surface area contributed by atoms with E-state index in [-0.39, 0.29) is 0 Å². The molecule has 78 valence electrons. The minimum absolute atomic E-state index is 0.348. The molecular formula is C12H18O2. The summed E-state index contributed by atoms with van der Waals surface area (Å²) in [6.45, 7) is 4.74. The Kier molecular flexibility index (Phi) is 1.36. The average molecular weight is 194 g/mol. The molecule has 4 rings (SSSR count). The Labute approximate surface area is 84.7 Å². The third-order valence-electron chi connectivity index (χ3n) is 5.98. The first-order valence-corrected chi connectivity index (χ1v) is 5.72. The van der Waals surface area contributed by atoms with Gasteiger partial charge in [-0.15, -0.1) is 0 Å². The van der Waals surface area contributed by atoms with Crippen LogP contribution in [0.1, 0.15) is 39.5 Å². The van der Waals surface area contributed by atoms with E-state index in [1.54, 1.807) is 0 Å². The Bertz CT molecular complexity index is 297. The highest BCUT2D eigenvalue weighted by Crippen LogP contribution is 2.86. The molecular weight excluding hydrogens is 176 g/mol. The predicted octanol–water partition coefficient (Wildman–Crippen LogP) is 2.53. The minimum atomic E-state index is -0.629. The fourth-order valence-electron chi connectivity index (χ4n) is 4.87. The lowest BCUT2D eigenvalue weighted by Crippen LogP contribution is -2.27. The first kappa shape index (κ1) is 8.75. The normalized spacial score (nSPS) is 57.7. The van der Waals surface area contributed by atoms with Gasteiger partial charge in [0.1, 0.15) is 0 Å². The van der Waals surface area contributed by atoms with Gasteiger partial charge in [-0.25, -0.2) is 0 Å². The molecule has 0 amide bonds. The zero-order valence-corrected chi connectivity index (χ0v) is 8.92. The van der Waals surface area contributed by atoms with Gasteiger partial charge < -0.3 is 5.11 Å². The molecule has 0 heterocycles. The van der Waals surface area contributed by atoms with Crippen molar-refractivity contribution in [2.45, 2.75) is 39.5 Å². The van der Waals surface area contributed by atoms with Gasteiger partial charge >= 0.3 is 5.97 Å². The summed E-state index contributed by atoms with van der Waals surface area (Å²) in [7, 11) is 0. The molecule has 2 nitrogen and oxygen atoms in total. The Morgan fingerprint density at radius 2 is 1.93 bits per heavy atom. The molecule has 4 bridgehead atoms. The summed E-state index contributed by atoms with van der Waals surface area (Å²) in [5.41, 5.74) is 0.869. The lowest BCUT2D eigenvalue weighted by atomic mass is 9.71. The summed E-state index contributed by atoms with van der Waals surface area (Å²) < 4.78 is 0. The topological polar surface area (TPSA) is 37.3 Å². The van der Waals surface area contributed by atoms with Crippen LogP contribution in [0.3, 0.4) is 0 Å². The molecule has 1 N–H and O–H groups in total. The second kappa shape index (κ2) is 2.17. The molecule has 3 atom stereocenters. The summed E-state index contributed by atoms with van der Waals surface area (Å²) >= 11 is 0. The van der Waals surface area contributed by atoms with E-state index in [0.29, 0.717) is 17.3 Å². The molecule has 3 unspecified atom stereocenters. The molecule has 0 aromatic carbocycles. The van der Waals surface area contributed by atoms with Crippen molar-refractivity contribution in [3.05, 3.63) is 0 Å². The van der Waals surface area contributed by atoms with Crippen molar-refractivity contribution in [3.8, 4) is 0 Å². The van der Waals surface area contributed by atoms with Gasteiger partial charge in [0.05, 0.1) is 0 Å². The number of carbonyl (C=O) groups is 1. The zero-order chi connectivity index (χ0) is 10.1. The molecule has 0 aromatic rings. The Morgan fingerprint density at radius 3 is 2.29 bits per heavy atom. The van der Waals surface area contributed by atoms with Crippen molar-refractivity contribution in [2.75, 3.05) is 0 Å². The van der Waals surface area contributed by atoms with Gasteiger partial charge in [-0.1, -0.05) is 13.8 Å². The SMILES string of the molecule is CC1(CCC(=O)O)C2CC3C(C2)C31C. The number of rotatable bonds is 3. The summed E-state index contributed by atoms with van der Waals surface area (Å²) in [6.07, 6.45) is 4.03. The van der Waals surface area contributed by atoms with E-state index < -0.39 is 5.97 Å². The first-order valence-electron chi connectivity index (χ1n) is 5.72. The average Bonchev–Trinajstić information content (AvgIpc) is 2.54. The minimum Gasteiger partial charge on any atom is -0.481 e. The second-order valence-electron chi connectivity index (χ2n) is 5.98. The van der Waals surface area contributed by atoms with Crippen LogP contribution in [-0.2, 0) is 4.79 Å². The van der Waals surface area contributed by atoms with Crippen molar-refractivity contribution in [3.63, 3.8) is 0 Å². The van der Waals surface area contributed by atoms with Crippen LogP contribution in [0.15, 0.2) is 0 Å². The van der Waals surface area contributed by atoms with Crippen molar-refractivity contribution < 1.29 is 9.90 Å². The molecule has 4 aliphatic carbocycles. The first-order chi connectivity index (χ1) is 6.50. The highest BCUT2D eigenvalue weighted by molar-refractivity contribution is 5.66. The van der Waals surface area contributed by atoms with E-state index in [1.807, 2.05) is 0 Å². The van der Waals surface area contributed by atoms with Crippen LogP contribution >= 0.6 is 0 Å². The molecule has 0 saturated heterocycles. The molecule has 4 saturated carbocycles. The van der Waals surface area contributed by atoms with E-state index in [2.05, 4.69) is 13.8 Å². The third-order valence-corrected chi connectivity index (χ3v) is 5.98. The second-order valence-corrected chi connectivity index (χ2v) is 5.98. The molecule has 14 heavy (non-hydrogen) atoms. The lowest BCUT2D eigenvalue weighted by molar-refractivity contribution is -0.138. The molecule has 4 fully saturated rings. The van der Waals surface area contributed by atoms with E-state index in [0.717, 1.165) is 24.2 Å². The van der Waals surface area contributed by atoms with Crippen LogP contribution < -0.4 is 0 Å². The van der Waals surface area contributed by atoms with Crippen molar-refractivity contribution in [2.24, 2.45) is 28.6 Å². The Hall–Kier alpha value is -0.530. The van der Waals surface area contributed by atoms with Gasteiger partial charge in [0.25, 0.3) is 0 Å². The highest BCUT2D eigenvalue weighted by Gasteiger charge is 2.80. The maximum absolute atomic E-state index is 10.6. The maximum Gasteiger partial charge on any atom is 0.303 e. The number of hydrogen-bond acceptors (Lipinski definition) is 1. The van der Waals surface area contributed by atoms with E-state index in [4.69, 9.17) is 5.11 Å². The molecule has 0 aromatic heterocycles. The number of hydrogen-bond donors (Lipinski definition) is 1. The van der Waals surface area contributed by atoms with Gasteiger partial charge in [0.15, 0.2) is 0 Å². The van der Waals surface area contributed by atoms with E-state index in [9.17, 15) is 4.79 Å². The van der Waals surface area contributed by atoms with Gasteiger partial charge in [0.2, 0.25) is 0 Å². The molecule has 2 heteroatoms. The number of aliphatic carboxylic acids is 1. The van der Waals surface area contributed by atoms with E-state index >= 15 is 0 Å². The van der Waals surface area contributed by atoms with Crippen LogP contribution in [0.25, 0.3) is 0 Å². The van der Waals surface area contributed by atoms with Crippen LogP contribution in [0.5, 0.6) is 0 Å². The molecule has 0 aliphatic heterocycles. The third kappa shape index (κ3) is 0.697. The standard InChI is InChI=1S/C12H18O2/c1-11(4-3-10(13)14)7-5-8-9(6-7)12(8,11)2/h7-9H,3-6H2,1-2H3,(H,13,14). The Morgan fingerprint density at radius 1 is 1.36 bits per heavy atom. The highest BCUT2D eigenvalue weighted by atomic mass is 16.4. The molecule has 0 spiro atoms.